The van der Waals surface area contributed by atoms with E-state index in [2.05, 4.69) is 48.3 Å². The third-order valence-electron chi connectivity index (χ3n) is 3.48. The Balaban J connectivity index is 1.92. The molecule has 1 N–H and O–H groups in total. The Morgan fingerprint density at radius 2 is 1.83 bits per heavy atom. The van der Waals surface area contributed by atoms with E-state index < -0.39 is 0 Å². The molecule has 18 heavy (non-hydrogen) atoms. The summed E-state index contributed by atoms with van der Waals surface area (Å²) >= 11 is 0. The fourth-order valence-corrected chi connectivity index (χ4v) is 2.36. The summed E-state index contributed by atoms with van der Waals surface area (Å²) in [4.78, 5) is 2.57. The average molecular weight is 246 g/mol. The summed E-state index contributed by atoms with van der Waals surface area (Å²) in [6.07, 6.45) is 5.18. The number of nitrogens with zero attached hydrogens (tertiary/aromatic N) is 1. The van der Waals surface area contributed by atoms with Gasteiger partial charge in [-0.25, -0.2) is 0 Å². The summed E-state index contributed by atoms with van der Waals surface area (Å²) in [5.74, 6) is 0. The second-order valence-corrected chi connectivity index (χ2v) is 5.27. The molecule has 2 nitrogen and oxygen atoms in total. The van der Waals surface area contributed by atoms with Crippen molar-refractivity contribution >= 4 is 5.69 Å². The number of anilines is 1. The van der Waals surface area contributed by atoms with Gasteiger partial charge in [-0.3, -0.25) is 0 Å². The summed E-state index contributed by atoms with van der Waals surface area (Å²) < 4.78 is 0. The van der Waals surface area contributed by atoms with Gasteiger partial charge in [0.1, 0.15) is 0 Å². The number of rotatable bonds is 8. The molecule has 1 aliphatic carbocycles. The number of nitrogens with one attached hydrogen (secondary N) is 1. The first kappa shape index (κ1) is 13.4. The second kappa shape index (κ2) is 6.79. The van der Waals surface area contributed by atoms with Crippen LogP contribution in [0.5, 0.6) is 0 Å². The van der Waals surface area contributed by atoms with E-state index in [-0.39, 0.29) is 0 Å². The zero-order valence-corrected chi connectivity index (χ0v) is 11.8. The van der Waals surface area contributed by atoms with E-state index in [4.69, 9.17) is 0 Å². The highest BCUT2D eigenvalue weighted by atomic mass is 15.2. The molecule has 0 heterocycles. The first-order chi connectivity index (χ1) is 8.85. The molecule has 0 radical (unpaired) electrons. The first-order valence-corrected chi connectivity index (χ1v) is 7.41. The largest absolute Gasteiger partial charge is 0.369 e. The van der Waals surface area contributed by atoms with Crippen LogP contribution in [0.1, 0.15) is 45.1 Å². The minimum absolute atomic E-state index is 0.814. The van der Waals surface area contributed by atoms with Crippen molar-refractivity contribution < 1.29 is 0 Å². The van der Waals surface area contributed by atoms with Crippen molar-refractivity contribution in [3.63, 3.8) is 0 Å². The van der Waals surface area contributed by atoms with E-state index in [0.29, 0.717) is 0 Å². The fraction of sp³-hybridized carbons (Fsp3) is 0.625. The monoisotopic (exact) mass is 246 g/mol. The summed E-state index contributed by atoms with van der Waals surface area (Å²) in [6, 6.07) is 9.92. The Morgan fingerprint density at radius 3 is 2.39 bits per heavy atom. The molecule has 0 spiro atoms. The molecule has 100 valence electrons. The third kappa shape index (κ3) is 3.74. The number of hydrogen-bond acceptors (Lipinski definition) is 2. The lowest BCUT2D eigenvalue weighted by molar-refractivity contribution is 0.675. The molecule has 0 bridgehead atoms. The van der Waals surface area contributed by atoms with Crippen LogP contribution in [0.2, 0.25) is 0 Å². The summed E-state index contributed by atoms with van der Waals surface area (Å²) in [6.45, 7) is 7.75. The molecule has 1 aliphatic rings. The Bertz CT molecular complexity index is 341. The lowest BCUT2D eigenvalue weighted by atomic mass is 10.2. The minimum atomic E-state index is 0.814. The van der Waals surface area contributed by atoms with Crippen molar-refractivity contribution in [2.75, 3.05) is 18.0 Å². The predicted octanol–water partition coefficient (Wildman–Crippen LogP) is 3.57. The zero-order valence-electron chi connectivity index (χ0n) is 11.8. The maximum Gasteiger partial charge on any atom is 0.0368 e. The van der Waals surface area contributed by atoms with Gasteiger partial charge in [0.05, 0.1) is 0 Å². The normalized spacial score (nSPS) is 14.8. The van der Waals surface area contributed by atoms with Crippen LogP contribution in [0.25, 0.3) is 0 Å². The topological polar surface area (TPSA) is 15.3 Å². The quantitative estimate of drug-likeness (QED) is 0.706. The van der Waals surface area contributed by atoms with E-state index in [1.165, 1.54) is 43.5 Å². The Labute approximate surface area is 111 Å². The van der Waals surface area contributed by atoms with Gasteiger partial charge in [-0.2, -0.15) is 0 Å². The summed E-state index contributed by atoms with van der Waals surface area (Å²) in [5, 5.41) is 3.45. The van der Waals surface area contributed by atoms with Gasteiger partial charge < -0.3 is 10.2 Å². The average Bonchev–Trinajstić information content (AvgIpc) is 3.22. The van der Waals surface area contributed by atoms with Crippen molar-refractivity contribution in [2.24, 2.45) is 0 Å². The van der Waals surface area contributed by atoms with Crippen molar-refractivity contribution in [3.8, 4) is 0 Å². The van der Waals surface area contributed by atoms with Gasteiger partial charge in [0.2, 0.25) is 0 Å². The van der Waals surface area contributed by atoms with Gasteiger partial charge in [0, 0.05) is 24.8 Å². The molecule has 1 fully saturated rings. The van der Waals surface area contributed by atoms with Gasteiger partial charge in [-0.05, 0) is 49.9 Å². The number of hydrogen-bond donors (Lipinski definition) is 1. The van der Waals surface area contributed by atoms with Crippen LogP contribution in [0, 0.1) is 0 Å². The van der Waals surface area contributed by atoms with Gasteiger partial charge >= 0.3 is 0 Å². The number of benzene rings is 1. The molecule has 0 amide bonds. The molecular formula is C16H26N2. The highest BCUT2D eigenvalue weighted by Gasteiger charge is 2.28. The van der Waals surface area contributed by atoms with Crippen LogP contribution in [-0.2, 0) is 6.54 Å². The Hall–Kier alpha value is -1.02. The molecule has 1 saturated carbocycles. The van der Waals surface area contributed by atoms with Gasteiger partial charge in [0.25, 0.3) is 0 Å². The van der Waals surface area contributed by atoms with E-state index in [0.717, 1.165) is 19.1 Å². The lowest BCUT2D eigenvalue weighted by Crippen LogP contribution is -2.26. The molecule has 2 rings (SSSR count). The molecule has 1 aromatic rings. The zero-order chi connectivity index (χ0) is 12.8. The Kier molecular flexibility index (Phi) is 5.06. The SMILES string of the molecule is CCCNCc1ccc(N(CCC)C2CC2)cc1. The van der Waals surface area contributed by atoms with Crippen molar-refractivity contribution in [3.05, 3.63) is 29.8 Å². The van der Waals surface area contributed by atoms with Crippen molar-refractivity contribution in [2.45, 2.75) is 52.1 Å². The van der Waals surface area contributed by atoms with E-state index >= 15 is 0 Å². The molecule has 2 heteroatoms. The molecule has 0 atom stereocenters. The maximum atomic E-state index is 3.45. The van der Waals surface area contributed by atoms with Crippen molar-refractivity contribution in [1.29, 1.82) is 0 Å². The molecule has 0 unspecified atom stereocenters. The van der Waals surface area contributed by atoms with Crippen LogP contribution in [0.3, 0.4) is 0 Å². The van der Waals surface area contributed by atoms with Gasteiger partial charge in [-0.1, -0.05) is 26.0 Å². The van der Waals surface area contributed by atoms with Crippen LogP contribution < -0.4 is 10.2 Å². The molecule has 1 aromatic carbocycles. The molecular weight excluding hydrogens is 220 g/mol. The lowest BCUT2D eigenvalue weighted by Gasteiger charge is -2.24. The standard InChI is InChI=1S/C16H26N2/c1-3-11-17-13-14-5-7-15(8-6-14)18(12-4-2)16-9-10-16/h5-8,16-17H,3-4,9-13H2,1-2H3. The van der Waals surface area contributed by atoms with Crippen molar-refractivity contribution in [1.82, 2.24) is 5.32 Å². The summed E-state index contributed by atoms with van der Waals surface area (Å²) in [7, 11) is 0. The van der Waals surface area contributed by atoms with Crippen LogP contribution in [-0.4, -0.2) is 19.1 Å². The first-order valence-electron chi connectivity index (χ1n) is 7.41. The predicted molar refractivity (Wildman–Crippen MR) is 79.1 cm³/mol. The van der Waals surface area contributed by atoms with Crippen LogP contribution >= 0.6 is 0 Å². The Morgan fingerprint density at radius 1 is 1.11 bits per heavy atom. The smallest absolute Gasteiger partial charge is 0.0368 e. The second-order valence-electron chi connectivity index (χ2n) is 5.27. The van der Waals surface area contributed by atoms with Crippen LogP contribution in [0.4, 0.5) is 5.69 Å². The van der Waals surface area contributed by atoms with E-state index in [1.807, 2.05) is 0 Å². The van der Waals surface area contributed by atoms with Crippen LogP contribution in [0.15, 0.2) is 24.3 Å². The third-order valence-corrected chi connectivity index (χ3v) is 3.48. The highest BCUT2D eigenvalue weighted by Crippen LogP contribution is 2.31. The molecule has 0 saturated heterocycles. The molecule has 0 aliphatic heterocycles. The maximum absolute atomic E-state index is 3.45. The van der Waals surface area contributed by atoms with E-state index in [9.17, 15) is 0 Å². The van der Waals surface area contributed by atoms with Gasteiger partial charge in [-0.15, -0.1) is 0 Å². The summed E-state index contributed by atoms with van der Waals surface area (Å²) in [5.41, 5.74) is 2.79. The fourth-order valence-electron chi connectivity index (χ4n) is 2.36. The molecule has 0 aromatic heterocycles. The minimum Gasteiger partial charge on any atom is -0.369 e. The highest BCUT2D eigenvalue weighted by molar-refractivity contribution is 5.49. The van der Waals surface area contributed by atoms with Gasteiger partial charge in [0.15, 0.2) is 0 Å². The van der Waals surface area contributed by atoms with E-state index in [1.54, 1.807) is 0 Å².